The summed E-state index contributed by atoms with van der Waals surface area (Å²) in [7, 11) is 0. The Balaban J connectivity index is 1.55. The molecule has 0 aliphatic carbocycles. The quantitative estimate of drug-likeness (QED) is 0.231. The summed E-state index contributed by atoms with van der Waals surface area (Å²) in [4.78, 5) is 12.4. The highest BCUT2D eigenvalue weighted by molar-refractivity contribution is 7.99. The normalized spacial score (nSPS) is 11.7. The molecular weight excluding hydrogens is 456 g/mol. The van der Waals surface area contributed by atoms with Gasteiger partial charge in [-0.1, -0.05) is 74.0 Å². The van der Waals surface area contributed by atoms with Gasteiger partial charge in [0.15, 0.2) is 5.78 Å². The second-order valence-corrected chi connectivity index (χ2v) is 10.3. The zero-order valence-electron chi connectivity index (χ0n) is 19.0. The number of hydrogen-bond donors (Lipinski definition) is 0. The topological polar surface area (TPSA) is 73.8 Å². The van der Waals surface area contributed by atoms with E-state index in [0.717, 1.165) is 17.0 Å². The molecular formula is C25H25ClN4O2S. The standard InChI is InChI=1S/C25H25ClN4O2S/c1-16-6-5-7-17(12-16)14-30-20(13-22(29-30)25(2,3)4)23-27-28-24(32-23)33-15-21(31)18-8-10-19(26)11-9-18/h5-13H,14-15H2,1-4H3. The van der Waals surface area contributed by atoms with Crippen LogP contribution in [-0.2, 0) is 12.0 Å². The van der Waals surface area contributed by atoms with Crippen molar-refractivity contribution < 1.29 is 9.21 Å². The third-order valence-corrected chi connectivity index (χ3v) is 6.15. The van der Waals surface area contributed by atoms with E-state index in [0.29, 0.717) is 28.2 Å². The fourth-order valence-corrected chi connectivity index (χ4v) is 4.06. The predicted molar refractivity (Wildman–Crippen MR) is 131 cm³/mol. The van der Waals surface area contributed by atoms with Crippen LogP contribution in [-0.4, -0.2) is 31.5 Å². The van der Waals surface area contributed by atoms with E-state index in [2.05, 4.69) is 56.1 Å². The van der Waals surface area contributed by atoms with Crippen molar-refractivity contribution in [2.75, 3.05) is 5.75 Å². The van der Waals surface area contributed by atoms with Crippen molar-refractivity contribution in [2.45, 2.75) is 44.9 Å². The average Bonchev–Trinajstić information content (AvgIpc) is 3.39. The van der Waals surface area contributed by atoms with Crippen LogP contribution in [0.5, 0.6) is 0 Å². The average molecular weight is 481 g/mol. The number of halogens is 1. The van der Waals surface area contributed by atoms with E-state index in [1.165, 1.54) is 17.3 Å². The first-order chi connectivity index (χ1) is 15.7. The number of thioether (sulfide) groups is 1. The molecule has 6 nitrogen and oxygen atoms in total. The number of aryl methyl sites for hydroxylation is 1. The fourth-order valence-electron chi connectivity index (χ4n) is 3.28. The summed E-state index contributed by atoms with van der Waals surface area (Å²) in [5.74, 6) is 0.544. The van der Waals surface area contributed by atoms with Crippen molar-refractivity contribution >= 4 is 29.1 Å². The second-order valence-electron chi connectivity index (χ2n) is 8.90. The van der Waals surface area contributed by atoms with Gasteiger partial charge in [-0.2, -0.15) is 5.10 Å². The van der Waals surface area contributed by atoms with Crippen LogP contribution in [0.3, 0.4) is 0 Å². The van der Waals surface area contributed by atoms with Gasteiger partial charge < -0.3 is 4.42 Å². The molecule has 0 N–H and O–H groups in total. The van der Waals surface area contributed by atoms with Gasteiger partial charge in [0.1, 0.15) is 5.69 Å². The Morgan fingerprint density at radius 1 is 1.09 bits per heavy atom. The van der Waals surface area contributed by atoms with Gasteiger partial charge >= 0.3 is 0 Å². The lowest BCUT2D eigenvalue weighted by molar-refractivity contribution is 0.102. The molecule has 0 atom stereocenters. The first-order valence-electron chi connectivity index (χ1n) is 10.6. The first-order valence-corrected chi connectivity index (χ1v) is 11.9. The number of aromatic nitrogens is 4. The van der Waals surface area contributed by atoms with Crippen molar-refractivity contribution in [3.05, 3.63) is 82.0 Å². The molecule has 33 heavy (non-hydrogen) atoms. The zero-order chi connectivity index (χ0) is 23.6. The summed E-state index contributed by atoms with van der Waals surface area (Å²) in [6.45, 7) is 9.02. The van der Waals surface area contributed by atoms with E-state index < -0.39 is 0 Å². The fraction of sp³-hybridized carbons (Fsp3) is 0.280. The van der Waals surface area contributed by atoms with Crippen molar-refractivity contribution in [3.63, 3.8) is 0 Å². The Hall–Kier alpha value is -2.90. The molecule has 0 fully saturated rings. The van der Waals surface area contributed by atoms with Gasteiger partial charge in [-0.05, 0) is 42.8 Å². The summed E-state index contributed by atoms with van der Waals surface area (Å²) in [6.07, 6.45) is 0. The Labute approximate surface area is 202 Å². The molecule has 0 saturated heterocycles. The van der Waals surface area contributed by atoms with E-state index >= 15 is 0 Å². The molecule has 8 heteroatoms. The van der Waals surface area contributed by atoms with Crippen LogP contribution in [0.4, 0.5) is 0 Å². The third kappa shape index (κ3) is 5.72. The van der Waals surface area contributed by atoms with Gasteiger partial charge in [-0.25, -0.2) is 0 Å². The highest BCUT2D eigenvalue weighted by atomic mass is 35.5. The molecule has 0 unspecified atom stereocenters. The number of hydrogen-bond acceptors (Lipinski definition) is 6. The highest BCUT2D eigenvalue weighted by Crippen LogP contribution is 2.29. The summed E-state index contributed by atoms with van der Waals surface area (Å²) in [5.41, 5.74) is 4.49. The minimum atomic E-state index is -0.130. The van der Waals surface area contributed by atoms with Crippen molar-refractivity contribution in [2.24, 2.45) is 0 Å². The molecule has 0 amide bonds. The van der Waals surface area contributed by atoms with Crippen molar-refractivity contribution in [3.8, 4) is 11.6 Å². The van der Waals surface area contributed by atoms with Crippen molar-refractivity contribution in [1.82, 2.24) is 20.0 Å². The molecule has 170 valence electrons. The largest absolute Gasteiger partial charge is 0.410 e. The van der Waals surface area contributed by atoms with Crippen molar-refractivity contribution in [1.29, 1.82) is 0 Å². The summed E-state index contributed by atoms with van der Waals surface area (Å²) in [6, 6.07) is 17.1. The van der Waals surface area contributed by atoms with E-state index in [1.54, 1.807) is 24.3 Å². The molecule has 2 heterocycles. The Bertz CT molecular complexity index is 1270. The first kappa shape index (κ1) is 23.3. The van der Waals surface area contributed by atoms with Gasteiger partial charge in [-0.3, -0.25) is 9.48 Å². The van der Waals surface area contributed by atoms with E-state index in [1.807, 2.05) is 16.8 Å². The number of carbonyl (C=O) groups is 1. The number of carbonyl (C=O) groups excluding carboxylic acids is 1. The second kappa shape index (κ2) is 9.53. The molecule has 4 rings (SSSR count). The predicted octanol–water partition coefficient (Wildman–Crippen LogP) is 6.22. The maximum atomic E-state index is 12.4. The van der Waals surface area contributed by atoms with Gasteiger partial charge in [0.2, 0.25) is 0 Å². The van der Waals surface area contributed by atoms with Crippen LogP contribution < -0.4 is 0 Å². The summed E-state index contributed by atoms with van der Waals surface area (Å²) in [5, 5.41) is 14.1. The van der Waals surface area contributed by atoms with E-state index in [9.17, 15) is 4.79 Å². The summed E-state index contributed by atoms with van der Waals surface area (Å²) < 4.78 is 7.81. The lowest BCUT2D eigenvalue weighted by atomic mass is 9.92. The molecule has 0 spiro atoms. The molecule has 2 aromatic heterocycles. The maximum Gasteiger partial charge on any atom is 0.277 e. The Morgan fingerprint density at radius 3 is 2.55 bits per heavy atom. The third-order valence-electron chi connectivity index (χ3n) is 5.08. The number of ketones is 1. The van der Waals surface area contributed by atoms with Crippen LogP contribution in [0, 0.1) is 6.92 Å². The Kier molecular flexibility index (Phi) is 6.72. The zero-order valence-corrected chi connectivity index (χ0v) is 20.6. The minimum absolute atomic E-state index is 0.0316. The number of Topliss-reactive ketones (excluding diaryl/α,β-unsaturated/α-hetero) is 1. The molecule has 0 aliphatic rings. The smallest absolute Gasteiger partial charge is 0.277 e. The van der Waals surface area contributed by atoms with E-state index in [4.69, 9.17) is 21.1 Å². The Morgan fingerprint density at radius 2 is 1.85 bits per heavy atom. The number of nitrogens with zero attached hydrogens (tertiary/aromatic N) is 4. The van der Waals surface area contributed by atoms with Gasteiger partial charge in [0.25, 0.3) is 11.1 Å². The molecule has 4 aromatic rings. The lowest BCUT2D eigenvalue weighted by Crippen LogP contribution is -2.13. The van der Waals surface area contributed by atoms with Gasteiger partial charge in [-0.15, -0.1) is 10.2 Å². The lowest BCUT2D eigenvalue weighted by Gasteiger charge is -2.14. The van der Waals surface area contributed by atoms with Crippen LogP contribution in [0.2, 0.25) is 5.02 Å². The van der Waals surface area contributed by atoms with Crippen LogP contribution in [0.15, 0.2) is 64.2 Å². The van der Waals surface area contributed by atoms with Crippen LogP contribution >= 0.6 is 23.4 Å². The van der Waals surface area contributed by atoms with E-state index in [-0.39, 0.29) is 17.0 Å². The number of benzene rings is 2. The molecule has 0 bridgehead atoms. The molecule has 0 aliphatic heterocycles. The maximum absolute atomic E-state index is 12.4. The monoisotopic (exact) mass is 480 g/mol. The SMILES string of the molecule is Cc1cccc(Cn2nc(C(C)(C)C)cc2-c2nnc(SCC(=O)c3ccc(Cl)cc3)o2)c1. The summed E-state index contributed by atoms with van der Waals surface area (Å²) >= 11 is 7.11. The highest BCUT2D eigenvalue weighted by Gasteiger charge is 2.23. The minimum Gasteiger partial charge on any atom is -0.410 e. The van der Waals surface area contributed by atoms with Crippen LogP contribution in [0.1, 0.15) is 48.0 Å². The molecule has 2 aromatic carbocycles. The van der Waals surface area contributed by atoms with Gasteiger partial charge in [0, 0.05) is 16.0 Å². The van der Waals surface area contributed by atoms with Crippen LogP contribution in [0.25, 0.3) is 11.6 Å². The molecule has 0 saturated carbocycles. The van der Waals surface area contributed by atoms with Gasteiger partial charge in [0.05, 0.1) is 18.0 Å². The molecule has 0 radical (unpaired) electrons. The number of rotatable bonds is 7.